The molecule has 1 atom stereocenters. The first kappa shape index (κ1) is 12.0. The molecule has 4 nitrogen and oxygen atoms in total. The van der Waals surface area contributed by atoms with Crippen LogP contribution < -0.4 is 0 Å². The number of amides is 1. The second-order valence-electron chi connectivity index (χ2n) is 3.86. The highest BCUT2D eigenvalue weighted by Crippen LogP contribution is 2.16. The topological polar surface area (TPSA) is 46.6 Å². The molecule has 0 aliphatic carbocycles. The molecule has 1 unspecified atom stereocenters. The molecule has 0 N–H and O–H groups in total. The summed E-state index contributed by atoms with van der Waals surface area (Å²) < 4.78 is 5.08. The second kappa shape index (κ2) is 6.43. The van der Waals surface area contributed by atoms with Gasteiger partial charge in [0, 0.05) is 6.54 Å². The number of ether oxygens (including phenoxy) is 1. The molecule has 1 heterocycles. The first-order chi connectivity index (χ1) is 7.29. The highest BCUT2D eigenvalue weighted by molar-refractivity contribution is 5.73. The number of hydrogen-bond donors (Lipinski definition) is 0. The van der Waals surface area contributed by atoms with Crippen LogP contribution in [0.25, 0.3) is 0 Å². The van der Waals surface area contributed by atoms with Crippen LogP contribution in [0, 0.1) is 0 Å². The zero-order valence-electron chi connectivity index (χ0n) is 9.28. The van der Waals surface area contributed by atoms with Gasteiger partial charge in [-0.3, -0.25) is 4.90 Å². The van der Waals surface area contributed by atoms with E-state index in [4.69, 9.17) is 4.74 Å². The molecular weight excluding hydrogens is 194 g/mol. The van der Waals surface area contributed by atoms with Crippen LogP contribution in [0.15, 0.2) is 0 Å². The average Bonchev–Trinajstić information content (AvgIpc) is 2.29. The van der Waals surface area contributed by atoms with Crippen LogP contribution in [0.1, 0.15) is 39.0 Å². The minimum atomic E-state index is -0.333. The molecule has 1 aliphatic rings. The normalized spacial score (nSPS) is 21.1. The summed E-state index contributed by atoms with van der Waals surface area (Å²) in [7, 11) is 0. The standard InChI is InChI=1S/C11H19NO3/c1-2-3-8-15-11(14)12-7-5-4-6-10(12)9-13/h9-10H,2-8H2,1H3. The number of unbranched alkanes of at least 4 members (excludes halogenated alkanes) is 1. The molecule has 4 heteroatoms. The van der Waals surface area contributed by atoms with Crippen LogP contribution in [-0.4, -0.2) is 36.5 Å². The van der Waals surface area contributed by atoms with Gasteiger partial charge >= 0.3 is 6.09 Å². The predicted molar refractivity (Wildman–Crippen MR) is 56.7 cm³/mol. The molecule has 0 radical (unpaired) electrons. The summed E-state index contributed by atoms with van der Waals surface area (Å²) in [5.41, 5.74) is 0. The Morgan fingerprint density at radius 1 is 1.53 bits per heavy atom. The molecule has 1 rings (SSSR count). The van der Waals surface area contributed by atoms with E-state index in [0.29, 0.717) is 13.2 Å². The molecular formula is C11H19NO3. The Kier molecular flexibility index (Phi) is 5.15. The van der Waals surface area contributed by atoms with Crippen LogP contribution in [0.5, 0.6) is 0 Å². The van der Waals surface area contributed by atoms with Gasteiger partial charge < -0.3 is 9.53 Å². The Bertz CT molecular complexity index is 218. The fraction of sp³-hybridized carbons (Fsp3) is 0.818. The van der Waals surface area contributed by atoms with E-state index >= 15 is 0 Å². The maximum Gasteiger partial charge on any atom is 0.410 e. The van der Waals surface area contributed by atoms with E-state index in [1.54, 1.807) is 4.90 Å². The van der Waals surface area contributed by atoms with Gasteiger partial charge in [-0.25, -0.2) is 4.79 Å². The fourth-order valence-electron chi connectivity index (χ4n) is 1.71. The second-order valence-corrected chi connectivity index (χ2v) is 3.86. The monoisotopic (exact) mass is 213 g/mol. The summed E-state index contributed by atoms with van der Waals surface area (Å²) in [5, 5.41) is 0. The maximum absolute atomic E-state index is 11.6. The number of likely N-dealkylation sites (tertiary alicyclic amines) is 1. The van der Waals surface area contributed by atoms with Crippen molar-refractivity contribution in [3.05, 3.63) is 0 Å². The Morgan fingerprint density at radius 3 is 3.00 bits per heavy atom. The molecule has 1 aliphatic heterocycles. The minimum absolute atomic E-state index is 0.270. The molecule has 0 aromatic heterocycles. The van der Waals surface area contributed by atoms with Gasteiger partial charge in [0.1, 0.15) is 6.29 Å². The van der Waals surface area contributed by atoms with Crippen molar-refractivity contribution in [2.24, 2.45) is 0 Å². The van der Waals surface area contributed by atoms with E-state index in [9.17, 15) is 9.59 Å². The van der Waals surface area contributed by atoms with Gasteiger partial charge in [0.05, 0.1) is 12.6 Å². The lowest BCUT2D eigenvalue weighted by atomic mass is 10.0. The number of hydrogen-bond acceptors (Lipinski definition) is 3. The first-order valence-corrected chi connectivity index (χ1v) is 5.68. The third-order valence-corrected chi connectivity index (χ3v) is 2.66. The van der Waals surface area contributed by atoms with Crippen molar-refractivity contribution in [2.45, 2.75) is 45.1 Å². The van der Waals surface area contributed by atoms with Crippen molar-refractivity contribution >= 4 is 12.4 Å². The van der Waals surface area contributed by atoms with Crippen molar-refractivity contribution in [1.29, 1.82) is 0 Å². The molecule has 0 aromatic carbocycles. The zero-order chi connectivity index (χ0) is 11.1. The predicted octanol–water partition coefficient (Wildman–Crippen LogP) is 1.98. The number of piperidine rings is 1. The molecule has 0 saturated carbocycles. The Hall–Kier alpha value is -1.06. The summed E-state index contributed by atoms with van der Waals surface area (Å²) in [5.74, 6) is 0. The molecule has 0 bridgehead atoms. The highest BCUT2D eigenvalue weighted by atomic mass is 16.6. The minimum Gasteiger partial charge on any atom is -0.449 e. The summed E-state index contributed by atoms with van der Waals surface area (Å²) >= 11 is 0. The fourth-order valence-corrected chi connectivity index (χ4v) is 1.71. The largest absolute Gasteiger partial charge is 0.449 e. The molecule has 86 valence electrons. The van der Waals surface area contributed by atoms with Crippen molar-refractivity contribution in [2.75, 3.05) is 13.2 Å². The first-order valence-electron chi connectivity index (χ1n) is 5.68. The molecule has 1 amide bonds. The summed E-state index contributed by atoms with van der Waals surface area (Å²) in [4.78, 5) is 23.9. The Morgan fingerprint density at radius 2 is 2.33 bits per heavy atom. The Balaban J connectivity index is 2.38. The van der Waals surface area contributed by atoms with Gasteiger partial charge in [-0.05, 0) is 25.7 Å². The third-order valence-electron chi connectivity index (χ3n) is 2.66. The zero-order valence-corrected chi connectivity index (χ0v) is 9.28. The van der Waals surface area contributed by atoms with E-state index < -0.39 is 0 Å². The van der Waals surface area contributed by atoms with Crippen molar-refractivity contribution in [1.82, 2.24) is 4.90 Å². The number of aldehydes is 1. The Labute approximate surface area is 90.6 Å². The van der Waals surface area contributed by atoms with E-state index in [2.05, 4.69) is 0 Å². The van der Waals surface area contributed by atoms with Crippen LogP contribution >= 0.6 is 0 Å². The van der Waals surface area contributed by atoms with Crippen LogP contribution in [-0.2, 0) is 9.53 Å². The van der Waals surface area contributed by atoms with E-state index in [1.807, 2.05) is 6.92 Å². The summed E-state index contributed by atoms with van der Waals surface area (Å²) in [6.45, 7) is 3.15. The SMILES string of the molecule is CCCCOC(=O)N1CCCCC1C=O. The maximum atomic E-state index is 11.6. The van der Waals surface area contributed by atoms with Gasteiger partial charge in [-0.1, -0.05) is 13.3 Å². The lowest BCUT2D eigenvalue weighted by Crippen LogP contribution is -2.44. The van der Waals surface area contributed by atoms with Crippen LogP contribution in [0.3, 0.4) is 0 Å². The van der Waals surface area contributed by atoms with Crippen molar-refractivity contribution < 1.29 is 14.3 Å². The van der Waals surface area contributed by atoms with Gasteiger partial charge in [-0.15, -0.1) is 0 Å². The number of nitrogens with zero attached hydrogens (tertiary/aromatic N) is 1. The molecule has 1 saturated heterocycles. The number of rotatable bonds is 4. The average molecular weight is 213 g/mol. The molecule has 1 fully saturated rings. The molecule has 0 aromatic rings. The highest BCUT2D eigenvalue weighted by Gasteiger charge is 2.26. The lowest BCUT2D eigenvalue weighted by molar-refractivity contribution is -0.113. The van der Waals surface area contributed by atoms with E-state index in [1.165, 1.54) is 0 Å². The summed E-state index contributed by atoms with van der Waals surface area (Å²) in [6.07, 6.45) is 5.15. The van der Waals surface area contributed by atoms with Gasteiger partial charge in [0.2, 0.25) is 0 Å². The van der Waals surface area contributed by atoms with Gasteiger partial charge in [0.25, 0.3) is 0 Å². The van der Waals surface area contributed by atoms with Gasteiger partial charge in [0.15, 0.2) is 0 Å². The van der Waals surface area contributed by atoms with Gasteiger partial charge in [-0.2, -0.15) is 0 Å². The van der Waals surface area contributed by atoms with Crippen molar-refractivity contribution in [3.8, 4) is 0 Å². The van der Waals surface area contributed by atoms with Crippen LogP contribution in [0.2, 0.25) is 0 Å². The lowest BCUT2D eigenvalue weighted by Gasteiger charge is -2.31. The molecule has 0 spiro atoms. The van der Waals surface area contributed by atoms with Crippen molar-refractivity contribution in [3.63, 3.8) is 0 Å². The van der Waals surface area contributed by atoms with Crippen LogP contribution in [0.4, 0.5) is 4.79 Å². The number of carbonyl (C=O) groups is 2. The third kappa shape index (κ3) is 3.53. The number of carbonyl (C=O) groups excluding carboxylic acids is 2. The summed E-state index contributed by atoms with van der Waals surface area (Å²) in [6, 6.07) is -0.270. The van der Waals surface area contributed by atoms with E-state index in [-0.39, 0.29) is 12.1 Å². The molecule has 15 heavy (non-hydrogen) atoms. The van der Waals surface area contributed by atoms with E-state index in [0.717, 1.165) is 38.4 Å². The quantitative estimate of drug-likeness (QED) is 0.530. The smallest absolute Gasteiger partial charge is 0.410 e.